The standard InChI is InChI=1S/C21H19N5O3/c1-14(2)16-5-3-15(4-6-16)12-24-13-22-20-19(21(24)27)11-23-25(20)17-7-9-18(10-8-17)26(28)29/h3-11,13-14H,12H2,1-2H3. The Kier molecular flexibility index (Phi) is 4.67. The van der Waals surface area contributed by atoms with Crippen molar-refractivity contribution in [1.82, 2.24) is 19.3 Å². The Bertz CT molecular complexity index is 1240. The Hall–Kier alpha value is -3.81. The highest BCUT2D eigenvalue weighted by molar-refractivity contribution is 5.75. The van der Waals surface area contributed by atoms with Crippen molar-refractivity contribution in [3.63, 3.8) is 0 Å². The summed E-state index contributed by atoms with van der Waals surface area (Å²) in [5.41, 5.74) is 3.08. The molecule has 4 rings (SSSR count). The van der Waals surface area contributed by atoms with Gasteiger partial charge in [0.1, 0.15) is 11.7 Å². The summed E-state index contributed by atoms with van der Waals surface area (Å²) in [7, 11) is 0. The van der Waals surface area contributed by atoms with Crippen LogP contribution in [0.1, 0.15) is 30.9 Å². The van der Waals surface area contributed by atoms with Crippen LogP contribution in [0.4, 0.5) is 5.69 Å². The van der Waals surface area contributed by atoms with Crippen molar-refractivity contribution in [2.24, 2.45) is 0 Å². The van der Waals surface area contributed by atoms with Crippen molar-refractivity contribution in [2.45, 2.75) is 26.3 Å². The third-order valence-electron chi connectivity index (χ3n) is 4.86. The molecule has 29 heavy (non-hydrogen) atoms. The lowest BCUT2D eigenvalue weighted by atomic mass is 10.0. The van der Waals surface area contributed by atoms with Crippen LogP contribution < -0.4 is 5.56 Å². The van der Waals surface area contributed by atoms with E-state index in [1.54, 1.807) is 16.7 Å². The number of hydrogen-bond donors (Lipinski definition) is 0. The van der Waals surface area contributed by atoms with Crippen LogP contribution in [0.2, 0.25) is 0 Å². The number of fused-ring (bicyclic) bond motifs is 1. The third-order valence-corrected chi connectivity index (χ3v) is 4.86. The van der Waals surface area contributed by atoms with Gasteiger partial charge in [0.25, 0.3) is 11.2 Å². The number of nitrogens with zero attached hydrogens (tertiary/aromatic N) is 5. The Balaban J connectivity index is 1.66. The van der Waals surface area contributed by atoms with Crippen LogP contribution in [0.5, 0.6) is 0 Å². The van der Waals surface area contributed by atoms with E-state index in [1.165, 1.54) is 34.9 Å². The first-order valence-electron chi connectivity index (χ1n) is 9.21. The highest BCUT2D eigenvalue weighted by atomic mass is 16.6. The Morgan fingerprint density at radius 3 is 2.38 bits per heavy atom. The van der Waals surface area contributed by atoms with Crippen LogP contribution in [-0.4, -0.2) is 24.3 Å². The highest BCUT2D eigenvalue weighted by Gasteiger charge is 2.13. The maximum atomic E-state index is 12.9. The first-order valence-corrected chi connectivity index (χ1v) is 9.21. The van der Waals surface area contributed by atoms with E-state index in [0.29, 0.717) is 29.2 Å². The number of aromatic nitrogens is 4. The summed E-state index contributed by atoms with van der Waals surface area (Å²) in [4.78, 5) is 27.6. The normalized spacial score (nSPS) is 11.3. The van der Waals surface area contributed by atoms with Crippen LogP contribution in [0, 0.1) is 10.1 Å². The molecule has 0 aliphatic carbocycles. The van der Waals surface area contributed by atoms with Gasteiger partial charge in [-0.2, -0.15) is 5.10 Å². The van der Waals surface area contributed by atoms with Crippen molar-refractivity contribution in [3.8, 4) is 5.69 Å². The molecule has 0 fully saturated rings. The van der Waals surface area contributed by atoms with Gasteiger partial charge in [0.05, 0.1) is 23.4 Å². The SMILES string of the molecule is CC(C)c1ccc(Cn2cnc3c(cnn3-c3ccc([N+](=O)[O-])cc3)c2=O)cc1. The fourth-order valence-electron chi connectivity index (χ4n) is 3.17. The molecule has 0 N–H and O–H groups in total. The van der Waals surface area contributed by atoms with Crippen molar-refractivity contribution >= 4 is 16.7 Å². The molecule has 0 unspecified atom stereocenters. The minimum absolute atomic E-state index is 0.0102. The van der Waals surface area contributed by atoms with Crippen LogP contribution in [-0.2, 0) is 6.54 Å². The minimum atomic E-state index is -0.463. The largest absolute Gasteiger partial charge is 0.294 e. The zero-order chi connectivity index (χ0) is 20.5. The van der Waals surface area contributed by atoms with Crippen molar-refractivity contribution in [3.05, 3.63) is 92.7 Å². The van der Waals surface area contributed by atoms with Crippen molar-refractivity contribution in [2.75, 3.05) is 0 Å². The molecule has 0 saturated heterocycles. The number of nitro groups is 1. The van der Waals surface area contributed by atoms with Gasteiger partial charge in [0.2, 0.25) is 0 Å². The summed E-state index contributed by atoms with van der Waals surface area (Å²) in [6, 6.07) is 14.1. The van der Waals surface area contributed by atoms with E-state index in [4.69, 9.17) is 0 Å². The first kappa shape index (κ1) is 18.5. The summed E-state index contributed by atoms with van der Waals surface area (Å²) in [6.07, 6.45) is 2.98. The van der Waals surface area contributed by atoms with Gasteiger partial charge in [-0.1, -0.05) is 38.1 Å². The molecule has 4 aromatic rings. The summed E-state index contributed by atoms with van der Waals surface area (Å²) < 4.78 is 3.05. The highest BCUT2D eigenvalue weighted by Crippen LogP contribution is 2.18. The Morgan fingerprint density at radius 2 is 1.76 bits per heavy atom. The summed E-state index contributed by atoms with van der Waals surface area (Å²) >= 11 is 0. The quantitative estimate of drug-likeness (QED) is 0.383. The molecule has 2 aromatic heterocycles. The molecule has 146 valence electrons. The molecular formula is C21H19N5O3. The molecule has 0 aliphatic rings. The number of nitro benzene ring substituents is 1. The number of hydrogen-bond acceptors (Lipinski definition) is 5. The molecule has 0 saturated carbocycles. The lowest BCUT2D eigenvalue weighted by Gasteiger charge is -2.09. The van der Waals surface area contributed by atoms with Crippen molar-refractivity contribution < 1.29 is 4.92 Å². The lowest BCUT2D eigenvalue weighted by molar-refractivity contribution is -0.384. The molecule has 0 radical (unpaired) electrons. The molecule has 2 heterocycles. The third kappa shape index (κ3) is 3.52. The molecule has 0 amide bonds. The average Bonchev–Trinajstić information content (AvgIpc) is 3.15. The topological polar surface area (TPSA) is 95.8 Å². The van der Waals surface area contributed by atoms with E-state index in [2.05, 4.69) is 36.1 Å². The molecule has 0 aliphatic heterocycles. The fraction of sp³-hybridized carbons (Fsp3) is 0.190. The lowest BCUT2D eigenvalue weighted by Crippen LogP contribution is -2.21. The van der Waals surface area contributed by atoms with Gasteiger partial charge in [-0.15, -0.1) is 0 Å². The molecule has 8 heteroatoms. The predicted octanol–water partition coefficient (Wildman–Crippen LogP) is 3.66. The van der Waals surface area contributed by atoms with Gasteiger partial charge in [-0.05, 0) is 29.2 Å². The monoisotopic (exact) mass is 389 g/mol. The van der Waals surface area contributed by atoms with Crippen molar-refractivity contribution in [1.29, 1.82) is 0 Å². The van der Waals surface area contributed by atoms with Gasteiger partial charge in [0.15, 0.2) is 5.65 Å². The van der Waals surface area contributed by atoms with E-state index >= 15 is 0 Å². The molecule has 8 nitrogen and oxygen atoms in total. The van der Waals surface area contributed by atoms with E-state index in [1.807, 2.05) is 12.1 Å². The zero-order valence-corrected chi connectivity index (χ0v) is 16.0. The molecule has 2 aromatic carbocycles. The second kappa shape index (κ2) is 7.31. The first-order chi connectivity index (χ1) is 13.9. The van der Waals surface area contributed by atoms with Crippen LogP contribution in [0.15, 0.2) is 65.8 Å². The second-order valence-corrected chi connectivity index (χ2v) is 7.14. The number of non-ortho nitro benzene ring substituents is 1. The number of rotatable bonds is 5. The van der Waals surface area contributed by atoms with E-state index in [-0.39, 0.29) is 11.2 Å². The fourth-order valence-corrected chi connectivity index (χ4v) is 3.17. The molecule has 0 bridgehead atoms. The van der Waals surface area contributed by atoms with Gasteiger partial charge in [0, 0.05) is 12.1 Å². The minimum Gasteiger partial charge on any atom is -0.294 e. The number of benzene rings is 2. The molecule has 0 spiro atoms. The predicted molar refractivity (Wildman–Crippen MR) is 109 cm³/mol. The van der Waals surface area contributed by atoms with Crippen LogP contribution >= 0.6 is 0 Å². The maximum Gasteiger partial charge on any atom is 0.269 e. The smallest absolute Gasteiger partial charge is 0.269 e. The Labute approximate surface area is 166 Å². The van der Waals surface area contributed by atoms with E-state index in [0.717, 1.165) is 5.56 Å². The van der Waals surface area contributed by atoms with Gasteiger partial charge in [-0.25, -0.2) is 9.67 Å². The molecular weight excluding hydrogens is 370 g/mol. The second-order valence-electron chi connectivity index (χ2n) is 7.14. The van der Waals surface area contributed by atoms with Crippen LogP contribution in [0.25, 0.3) is 16.7 Å². The summed E-state index contributed by atoms with van der Waals surface area (Å²) in [6.45, 7) is 4.70. The maximum absolute atomic E-state index is 12.9. The van der Waals surface area contributed by atoms with Gasteiger partial charge >= 0.3 is 0 Å². The molecule has 0 atom stereocenters. The van der Waals surface area contributed by atoms with E-state index in [9.17, 15) is 14.9 Å². The van der Waals surface area contributed by atoms with Gasteiger partial charge in [-0.3, -0.25) is 19.5 Å². The summed E-state index contributed by atoms with van der Waals surface area (Å²) in [5.74, 6) is 0.454. The van der Waals surface area contributed by atoms with E-state index < -0.39 is 4.92 Å². The van der Waals surface area contributed by atoms with Gasteiger partial charge < -0.3 is 0 Å². The van der Waals surface area contributed by atoms with Crippen LogP contribution in [0.3, 0.4) is 0 Å². The summed E-state index contributed by atoms with van der Waals surface area (Å²) in [5, 5.41) is 15.5. The average molecular weight is 389 g/mol. The zero-order valence-electron chi connectivity index (χ0n) is 16.0. The Morgan fingerprint density at radius 1 is 1.07 bits per heavy atom.